The number of pyridine rings is 2. The standard InChI is InChI=1S/C16H6N7.Na.H/c1-23-14(8-20)12(6-18)16(13(7-19)15(23)9-21)10-2-3-22-11(4-10)5-17;;/h2-4H,1H3;;/q2*+1;-1. The van der Waals surface area contributed by atoms with Crippen LogP contribution in [-0.2, 0) is 7.05 Å². The zero-order valence-electron chi connectivity index (χ0n) is 13.9. The Hall–Kier alpha value is -3.25. The van der Waals surface area contributed by atoms with Gasteiger partial charge in [0.1, 0.15) is 42.1 Å². The van der Waals surface area contributed by atoms with Crippen LogP contribution in [0.25, 0.3) is 11.1 Å². The minimum Gasteiger partial charge on any atom is -1.00 e. The van der Waals surface area contributed by atoms with E-state index in [0.29, 0.717) is 5.56 Å². The molecule has 2 aromatic heterocycles. The van der Waals surface area contributed by atoms with Crippen LogP contribution in [0.5, 0.6) is 0 Å². The van der Waals surface area contributed by atoms with E-state index < -0.39 is 0 Å². The van der Waals surface area contributed by atoms with E-state index in [1.165, 1.54) is 29.9 Å². The SMILES string of the molecule is C[n+]1c(C#N)c(C#N)c(-c2ccnc(C#N)c2)c(C#N)c1C#N.[H-].[Na+]. The van der Waals surface area contributed by atoms with Gasteiger partial charge in [0.25, 0.3) is 0 Å². The van der Waals surface area contributed by atoms with E-state index in [-0.39, 0.29) is 64.8 Å². The third-order valence-electron chi connectivity index (χ3n) is 3.24. The first-order valence-electron chi connectivity index (χ1n) is 6.19. The molecule has 24 heavy (non-hydrogen) atoms. The molecule has 0 atom stereocenters. The molecule has 2 heterocycles. The van der Waals surface area contributed by atoms with Crippen molar-refractivity contribution in [3.05, 3.63) is 46.5 Å². The molecule has 0 aliphatic carbocycles. The summed E-state index contributed by atoms with van der Waals surface area (Å²) >= 11 is 0. The van der Waals surface area contributed by atoms with Crippen LogP contribution in [0.1, 0.15) is 29.6 Å². The van der Waals surface area contributed by atoms with Crippen LogP contribution >= 0.6 is 0 Å². The molecular weight excluding hydrogens is 313 g/mol. The summed E-state index contributed by atoms with van der Waals surface area (Å²) in [4.78, 5) is 3.83. The minimum absolute atomic E-state index is 0. The largest absolute Gasteiger partial charge is 1.00 e. The van der Waals surface area contributed by atoms with Crippen molar-refractivity contribution in [2.24, 2.45) is 7.05 Å². The van der Waals surface area contributed by atoms with Crippen LogP contribution in [0.2, 0.25) is 0 Å². The van der Waals surface area contributed by atoms with E-state index >= 15 is 0 Å². The molecule has 2 rings (SSSR count). The Kier molecular flexibility index (Phi) is 6.14. The van der Waals surface area contributed by atoms with E-state index in [9.17, 15) is 21.0 Å². The number of hydrogen-bond acceptors (Lipinski definition) is 6. The molecule has 0 saturated carbocycles. The van der Waals surface area contributed by atoms with Crippen LogP contribution < -0.4 is 34.1 Å². The average molecular weight is 320 g/mol. The van der Waals surface area contributed by atoms with Crippen LogP contribution in [0.15, 0.2) is 18.3 Å². The molecule has 106 valence electrons. The maximum atomic E-state index is 9.44. The van der Waals surface area contributed by atoms with Crippen molar-refractivity contribution in [3.8, 4) is 41.5 Å². The van der Waals surface area contributed by atoms with Gasteiger partial charge in [0.2, 0.25) is 0 Å². The van der Waals surface area contributed by atoms with Crippen molar-refractivity contribution in [3.63, 3.8) is 0 Å². The third kappa shape index (κ3) is 2.95. The number of hydrogen-bond donors (Lipinski definition) is 0. The van der Waals surface area contributed by atoms with Crippen molar-refractivity contribution in [2.75, 3.05) is 0 Å². The van der Waals surface area contributed by atoms with Gasteiger partial charge in [-0.05, 0) is 17.7 Å². The molecule has 0 aliphatic heterocycles. The molecule has 8 heteroatoms. The number of aromatic nitrogens is 2. The smallest absolute Gasteiger partial charge is 1.00 e. The molecule has 0 aliphatic rings. The summed E-state index contributed by atoms with van der Waals surface area (Å²) in [6, 6.07) is 12.4. The second-order valence-corrected chi connectivity index (χ2v) is 4.37. The van der Waals surface area contributed by atoms with Crippen molar-refractivity contribution >= 4 is 0 Å². The predicted octanol–water partition coefficient (Wildman–Crippen LogP) is -1.95. The monoisotopic (exact) mass is 320 g/mol. The van der Waals surface area contributed by atoms with Gasteiger partial charge in [-0.2, -0.15) is 30.9 Å². The molecular formula is C16H7N7Na+. The van der Waals surface area contributed by atoms with Gasteiger partial charge in [-0.25, -0.2) is 4.98 Å². The molecule has 0 aromatic carbocycles. The topological polar surface area (TPSA) is 136 Å². The summed E-state index contributed by atoms with van der Waals surface area (Å²) in [6.07, 6.45) is 1.36. The first-order chi connectivity index (χ1) is 11.1. The summed E-state index contributed by atoms with van der Waals surface area (Å²) in [5, 5.41) is 46.4. The molecule has 0 spiro atoms. The summed E-state index contributed by atoms with van der Waals surface area (Å²) in [7, 11) is 1.44. The Labute approximate surface area is 161 Å². The second-order valence-electron chi connectivity index (χ2n) is 4.37. The van der Waals surface area contributed by atoms with E-state index in [2.05, 4.69) is 4.98 Å². The first kappa shape index (κ1) is 18.8. The second kappa shape index (κ2) is 7.85. The molecule has 0 unspecified atom stereocenters. The number of nitrogens with zero attached hydrogens (tertiary/aromatic N) is 7. The Morgan fingerprint density at radius 1 is 0.917 bits per heavy atom. The van der Waals surface area contributed by atoms with E-state index in [4.69, 9.17) is 5.26 Å². The molecule has 2 aromatic rings. The fourth-order valence-electron chi connectivity index (χ4n) is 2.22. The third-order valence-corrected chi connectivity index (χ3v) is 3.24. The summed E-state index contributed by atoms with van der Waals surface area (Å²) < 4.78 is 1.22. The van der Waals surface area contributed by atoms with Crippen molar-refractivity contribution < 1.29 is 35.6 Å². The molecule has 0 radical (unpaired) electrons. The normalized spacial score (nSPS) is 8.50. The summed E-state index contributed by atoms with van der Waals surface area (Å²) in [5.74, 6) is 0. The van der Waals surface area contributed by atoms with Gasteiger partial charge in [0, 0.05) is 11.8 Å². The van der Waals surface area contributed by atoms with Crippen molar-refractivity contribution in [1.82, 2.24) is 4.98 Å². The van der Waals surface area contributed by atoms with Gasteiger partial charge in [-0.15, -0.1) is 0 Å². The Balaban J connectivity index is 0.00000288. The van der Waals surface area contributed by atoms with Gasteiger partial charge in [0.15, 0.2) is 12.1 Å². The van der Waals surface area contributed by atoms with Gasteiger partial charge >= 0.3 is 40.9 Å². The van der Waals surface area contributed by atoms with Gasteiger partial charge in [-0.3, -0.25) is 0 Å². The zero-order chi connectivity index (χ0) is 17.0. The fraction of sp³-hybridized carbons (Fsp3) is 0.0625. The average Bonchev–Trinajstić information content (AvgIpc) is 2.60. The predicted molar refractivity (Wildman–Crippen MR) is 75.5 cm³/mol. The maximum Gasteiger partial charge on any atom is 1.00 e. The first-order valence-corrected chi connectivity index (χ1v) is 6.19. The fourth-order valence-corrected chi connectivity index (χ4v) is 2.22. The summed E-state index contributed by atoms with van der Waals surface area (Å²) in [5.41, 5.74) is 0.502. The molecule has 0 amide bonds. The number of nitriles is 5. The van der Waals surface area contributed by atoms with Gasteiger partial charge in [0.05, 0.1) is 0 Å². The Morgan fingerprint density at radius 2 is 1.46 bits per heavy atom. The van der Waals surface area contributed by atoms with Crippen LogP contribution in [0.3, 0.4) is 0 Å². The van der Waals surface area contributed by atoms with Crippen LogP contribution in [-0.4, -0.2) is 4.98 Å². The van der Waals surface area contributed by atoms with Crippen molar-refractivity contribution in [2.45, 2.75) is 0 Å². The van der Waals surface area contributed by atoms with Crippen LogP contribution in [0.4, 0.5) is 0 Å². The zero-order valence-corrected chi connectivity index (χ0v) is 14.9. The van der Waals surface area contributed by atoms with Gasteiger partial charge < -0.3 is 1.43 Å². The molecule has 0 fully saturated rings. The molecule has 0 saturated heterocycles. The van der Waals surface area contributed by atoms with E-state index in [1.54, 1.807) is 0 Å². The van der Waals surface area contributed by atoms with E-state index in [1.807, 2.05) is 30.3 Å². The Morgan fingerprint density at radius 3 is 1.88 bits per heavy atom. The molecule has 0 N–H and O–H groups in total. The molecule has 0 bridgehead atoms. The minimum atomic E-state index is -0.0339. The van der Waals surface area contributed by atoms with E-state index in [0.717, 1.165) is 0 Å². The van der Waals surface area contributed by atoms with Crippen LogP contribution in [0, 0.1) is 56.7 Å². The number of rotatable bonds is 1. The molecule has 7 nitrogen and oxygen atoms in total. The summed E-state index contributed by atoms with van der Waals surface area (Å²) in [6.45, 7) is 0. The van der Waals surface area contributed by atoms with Crippen molar-refractivity contribution in [1.29, 1.82) is 26.3 Å². The Bertz CT molecular complexity index is 990. The maximum absolute atomic E-state index is 9.44. The quantitative estimate of drug-likeness (QED) is 0.442. The van der Waals surface area contributed by atoms with Gasteiger partial charge in [-0.1, -0.05) is 0 Å².